The van der Waals surface area contributed by atoms with Crippen LogP contribution < -0.4 is 0 Å². The molecule has 2 aliphatic rings. The zero-order valence-electron chi connectivity index (χ0n) is 23.7. The molecule has 1 aliphatic carbocycles. The van der Waals surface area contributed by atoms with Crippen LogP contribution >= 0.6 is 0 Å². The predicted molar refractivity (Wildman–Crippen MR) is 154 cm³/mol. The largest absolute Gasteiger partial charge is 0.390 e. The van der Waals surface area contributed by atoms with Gasteiger partial charge in [0.1, 0.15) is 23.1 Å². The Balaban J connectivity index is 1.15. The first-order chi connectivity index (χ1) is 20.1. The van der Waals surface area contributed by atoms with Crippen LogP contribution in [0.25, 0.3) is 22.2 Å². The summed E-state index contributed by atoms with van der Waals surface area (Å²) >= 11 is 0. The Bertz CT molecular complexity index is 1610. The number of carbonyl (C=O) groups excluding carboxylic acids is 2. The van der Waals surface area contributed by atoms with Crippen LogP contribution in [0.4, 0.5) is 8.78 Å². The van der Waals surface area contributed by atoms with Gasteiger partial charge in [-0.05, 0) is 68.9 Å². The lowest BCUT2D eigenvalue weighted by molar-refractivity contribution is -0.127. The van der Waals surface area contributed by atoms with Crippen LogP contribution in [0.15, 0.2) is 59.3 Å². The van der Waals surface area contributed by atoms with E-state index in [4.69, 9.17) is 4.52 Å². The highest BCUT2D eigenvalue weighted by Crippen LogP contribution is 2.44. The summed E-state index contributed by atoms with van der Waals surface area (Å²) in [5.41, 5.74) is 1.06. The van der Waals surface area contributed by atoms with Gasteiger partial charge in [0.2, 0.25) is 0 Å². The van der Waals surface area contributed by atoms with Gasteiger partial charge in [0.05, 0.1) is 11.2 Å². The average Bonchev–Trinajstić information content (AvgIpc) is 3.61. The van der Waals surface area contributed by atoms with Crippen molar-refractivity contribution in [3.05, 3.63) is 77.6 Å². The van der Waals surface area contributed by atoms with Crippen molar-refractivity contribution in [3.8, 4) is 11.3 Å². The summed E-state index contributed by atoms with van der Waals surface area (Å²) in [5.74, 6) is -1.63. The Hall–Kier alpha value is -3.69. The van der Waals surface area contributed by atoms with Gasteiger partial charge in [-0.25, -0.2) is 8.78 Å². The second kappa shape index (κ2) is 11.2. The monoisotopic (exact) mass is 575 g/mol. The number of halogens is 2. The number of H-pyrrole nitrogens is 1. The zero-order valence-corrected chi connectivity index (χ0v) is 23.7. The lowest BCUT2D eigenvalue weighted by Crippen LogP contribution is -2.62. The van der Waals surface area contributed by atoms with Crippen molar-refractivity contribution in [2.75, 3.05) is 13.1 Å². The highest BCUT2D eigenvalue weighted by molar-refractivity contribution is 5.96. The van der Waals surface area contributed by atoms with Crippen molar-refractivity contribution in [2.24, 2.45) is 5.41 Å². The number of nitrogens with one attached hydrogen (secondary N) is 1. The molecule has 2 aromatic heterocycles. The molecule has 1 saturated carbocycles. The van der Waals surface area contributed by atoms with Gasteiger partial charge in [-0.2, -0.15) is 0 Å². The minimum absolute atomic E-state index is 0.0216. The van der Waals surface area contributed by atoms with Crippen molar-refractivity contribution >= 4 is 22.5 Å². The second-order valence-corrected chi connectivity index (χ2v) is 12.5. The van der Waals surface area contributed by atoms with E-state index in [0.717, 1.165) is 54.3 Å². The summed E-state index contributed by atoms with van der Waals surface area (Å²) in [5, 5.41) is 15.4. The molecule has 0 atom stereocenters. The molecule has 6 rings (SSSR count). The molecule has 220 valence electrons. The molecule has 2 fully saturated rings. The number of aromatic amines is 1. The first-order valence-corrected chi connectivity index (χ1v) is 14.6. The van der Waals surface area contributed by atoms with Crippen molar-refractivity contribution < 1.29 is 28.0 Å². The minimum atomic E-state index is -0.802. The third-order valence-electron chi connectivity index (χ3n) is 9.08. The maximum Gasteiger partial charge on any atom is 0.185 e. The number of aryl methyl sites for hydroxylation is 1. The Morgan fingerprint density at radius 2 is 1.88 bits per heavy atom. The van der Waals surface area contributed by atoms with Crippen molar-refractivity contribution in [1.29, 1.82) is 0 Å². The number of benzene rings is 2. The highest BCUT2D eigenvalue weighted by Gasteiger charge is 2.49. The summed E-state index contributed by atoms with van der Waals surface area (Å²) in [7, 11) is 0. The van der Waals surface area contributed by atoms with Gasteiger partial charge in [-0.15, -0.1) is 0 Å². The Morgan fingerprint density at radius 3 is 2.64 bits per heavy atom. The molecule has 9 heteroatoms. The number of hydrogen-bond acceptors (Lipinski definition) is 6. The van der Waals surface area contributed by atoms with Crippen LogP contribution in [0.5, 0.6) is 0 Å². The molecule has 0 spiro atoms. The number of fused-ring (bicyclic) bond motifs is 1. The molecule has 0 radical (unpaired) electrons. The van der Waals surface area contributed by atoms with Crippen LogP contribution in [-0.2, 0) is 11.2 Å². The van der Waals surface area contributed by atoms with Gasteiger partial charge in [-0.3, -0.25) is 14.5 Å². The van der Waals surface area contributed by atoms with Gasteiger partial charge >= 0.3 is 0 Å². The fourth-order valence-corrected chi connectivity index (χ4v) is 6.75. The molecule has 3 heterocycles. The van der Waals surface area contributed by atoms with E-state index in [1.807, 2.05) is 37.4 Å². The van der Waals surface area contributed by atoms with Crippen molar-refractivity contribution in [1.82, 2.24) is 15.0 Å². The number of aromatic nitrogens is 2. The first-order valence-electron chi connectivity index (χ1n) is 14.6. The topological polar surface area (TPSA) is 99.4 Å². The Morgan fingerprint density at radius 1 is 1.10 bits per heavy atom. The third-order valence-corrected chi connectivity index (χ3v) is 9.08. The van der Waals surface area contributed by atoms with E-state index in [1.54, 1.807) is 0 Å². The molecule has 0 unspecified atom stereocenters. The number of hydrogen-bond donors (Lipinski definition) is 2. The zero-order chi connectivity index (χ0) is 29.5. The van der Waals surface area contributed by atoms with E-state index >= 15 is 0 Å². The highest BCUT2D eigenvalue weighted by atomic mass is 19.1. The lowest BCUT2D eigenvalue weighted by atomic mass is 9.69. The predicted octanol–water partition coefficient (Wildman–Crippen LogP) is 6.26. The molecule has 1 aliphatic heterocycles. The Labute approximate surface area is 242 Å². The second-order valence-electron chi connectivity index (χ2n) is 12.5. The summed E-state index contributed by atoms with van der Waals surface area (Å²) in [6.07, 6.45) is 6.49. The number of likely N-dealkylation sites (tertiary alicyclic amines) is 1. The van der Waals surface area contributed by atoms with Gasteiger partial charge in [0.15, 0.2) is 11.5 Å². The molecule has 2 N–H and O–H groups in total. The minimum Gasteiger partial charge on any atom is -0.390 e. The Kier molecular flexibility index (Phi) is 7.57. The van der Waals surface area contributed by atoms with Crippen LogP contribution in [0.3, 0.4) is 0 Å². The molecule has 0 bridgehead atoms. The van der Waals surface area contributed by atoms with Crippen LogP contribution in [0.1, 0.15) is 67.9 Å². The van der Waals surface area contributed by atoms with E-state index in [1.165, 1.54) is 12.1 Å². The summed E-state index contributed by atoms with van der Waals surface area (Å²) in [6, 6.07) is 12.9. The van der Waals surface area contributed by atoms with Gasteiger partial charge in [-0.1, -0.05) is 17.3 Å². The fourth-order valence-electron chi connectivity index (χ4n) is 6.75. The fraction of sp³-hybridized carbons (Fsp3) is 0.424. The van der Waals surface area contributed by atoms with E-state index < -0.39 is 22.7 Å². The van der Waals surface area contributed by atoms with E-state index in [2.05, 4.69) is 15.0 Å². The average molecular weight is 576 g/mol. The van der Waals surface area contributed by atoms with Crippen molar-refractivity contribution in [2.45, 2.75) is 69.9 Å². The van der Waals surface area contributed by atoms with Crippen LogP contribution in [0.2, 0.25) is 0 Å². The van der Waals surface area contributed by atoms with E-state index in [9.17, 15) is 23.5 Å². The molecule has 4 aromatic rings. The molecule has 7 nitrogen and oxygen atoms in total. The van der Waals surface area contributed by atoms with Crippen LogP contribution in [0, 0.1) is 17.0 Å². The van der Waals surface area contributed by atoms with Crippen molar-refractivity contribution in [3.63, 3.8) is 0 Å². The SMILES string of the molecule is CC1(O)CCC(N2CC(CC(=O)CCc3cccc4[nH]ccc34)(CC(=O)c3cc(-c4ccc(F)cc4F)on3)C2)CC1. The molecule has 0 amide bonds. The summed E-state index contributed by atoms with van der Waals surface area (Å²) < 4.78 is 32.9. The molecular weight excluding hydrogens is 540 g/mol. The van der Waals surface area contributed by atoms with Gasteiger partial charge in [0, 0.05) is 73.0 Å². The summed E-state index contributed by atoms with van der Waals surface area (Å²) in [4.78, 5) is 32.3. The number of aliphatic hydroxyl groups is 1. The summed E-state index contributed by atoms with van der Waals surface area (Å²) in [6.45, 7) is 3.10. The first kappa shape index (κ1) is 28.4. The maximum atomic E-state index is 14.3. The molecule has 2 aromatic carbocycles. The normalized spacial score (nSPS) is 22.2. The van der Waals surface area contributed by atoms with Crippen LogP contribution in [-0.4, -0.2) is 56.4 Å². The molecular formula is C33H35F2N3O4. The van der Waals surface area contributed by atoms with Gasteiger partial charge < -0.3 is 14.6 Å². The number of rotatable bonds is 10. The quantitative estimate of drug-likeness (QED) is 0.217. The van der Waals surface area contributed by atoms with E-state index in [0.29, 0.717) is 32.0 Å². The molecule has 1 saturated heterocycles. The standard InChI is InChI=1S/C33H35F2N3O4/c1-32(41)12-9-23(10-13-32)38-19-33(20-38,17-24(39)7-5-21-3-2-4-28-25(21)11-14-36-28)18-30(40)29-16-31(42-37-29)26-8-6-22(34)15-27(26)35/h2-4,6,8,11,14-16,23,36,41H,5,7,9-10,12-13,17-20H2,1H3. The number of carbonyl (C=O) groups is 2. The maximum absolute atomic E-state index is 14.3. The van der Waals surface area contributed by atoms with E-state index in [-0.39, 0.29) is 41.4 Å². The number of Topliss-reactive ketones (excluding diaryl/α,β-unsaturated/α-hetero) is 2. The van der Waals surface area contributed by atoms with Gasteiger partial charge in [0.25, 0.3) is 0 Å². The third kappa shape index (κ3) is 5.94. The molecule has 42 heavy (non-hydrogen) atoms. The number of nitrogens with zero attached hydrogens (tertiary/aromatic N) is 2. The number of ketones is 2. The lowest BCUT2D eigenvalue weighted by Gasteiger charge is -2.54. The smallest absolute Gasteiger partial charge is 0.185 e.